The number of rotatable bonds is 2. The summed E-state index contributed by atoms with van der Waals surface area (Å²) < 4.78 is 14.8. The van der Waals surface area contributed by atoms with Crippen molar-refractivity contribution in [2.45, 2.75) is 0 Å². The average Bonchev–Trinajstić information content (AvgIpc) is 2.78. The molecule has 2 aromatic rings. The maximum absolute atomic E-state index is 13.1. The van der Waals surface area contributed by atoms with Crippen LogP contribution < -0.4 is 0 Å². The first-order valence-corrected chi connectivity index (χ1v) is 4.56. The van der Waals surface area contributed by atoms with Crippen LogP contribution in [0.25, 0.3) is 11.5 Å². The molecule has 1 radical (unpaired) electrons. The molecule has 0 saturated carbocycles. The zero-order chi connectivity index (χ0) is 10.7. The van der Waals surface area contributed by atoms with Crippen LogP contribution in [0, 0.1) is 6.92 Å². The first-order valence-electron chi connectivity index (χ1n) is 4.56. The molecule has 0 fully saturated rings. The van der Waals surface area contributed by atoms with Gasteiger partial charge in [-0.1, -0.05) is 18.2 Å². The van der Waals surface area contributed by atoms with Crippen molar-refractivity contribution in [3.05, 3.63) is 61.3 Å². The van der Waals surface area contributed by atoms with Crippen molar-refractivity contribution in [3.63, 3.8) is 0 Å². The van der Waals surface area contributed by atoms with E-state index in [-0.39, 0.29) is 5.83 Å². The Labute approximate surface area is 87.7 Å². The number of hydrogen-bond donors (Lipinski definition) is 0. The molecule has 3 heteroatoms. The highest BCUT2D eigenvalue weighted by atomic mass is 19.1. The summed E-state index contributed by atoms with van der Waals surface area (Å²) in [5.74, 6) is -0.364. The van der Waals surface area contributed by atoms with E-state index >= 15 is 0 Å². The molecule has 75 valence electrons. The third-order valence-corrected chi connectivity index (χ3v) is 2.06. The van der Waals surface area contributed by atoms with Crippen LogP contribution in [-0.4, -0.2) is 9.78 Å². The van der Waals surface area contributed by atoms with Gasteiger partial charge in [0, 0.05) is 11.8 Å². The number of allylic oxidation sites excluding steroid dienone is 1. The summed E-state index contributed by atoms with van der Waals surface area (Å²) in [6.07, 6.45) is 4.28. The van der Waals surface area contributed by atoms with Gasteiger partial charge in [-0.15, -0.1) is 0 Å². The summed E-state index contributed by atoms with van der Waals surface area (Å²) in [4.78, 5) is 0. The van der Waals surface area contributed by atoms with E-state index in [1.165, 1.54) is 12.3 Å². The van der Waals surface area contributed by atoms with Gasteiger partial charge < -0.3 is 0 Å². The summed E-state index contributed by atoms with van der Waals surface area (Å²) in [5, 5.41) is 4.06. The molecule has 0 bridgehead atoms. The molecule has 0 spiro atoms. The first-order chi connectivity index (χ1) is 7.31. The number of nitrogens with zero attached hydrogens (tertiary/aromatic N) is 2. The van der Waals surface area contributed by atoms with E-state index in [0.29, 0.717) is 5.56 Å². The lowest BCUT2D eigenvalue weighted by molar-refractivity contribution is 0.760. The summed E-state index contributed by atoms with van der Waals surface area (Å²) in [6.45, 7) is 3.37. The zero-order valence-electron chi connectivity index (χ0n) is 8.10. The van der Waals surface area contributed by atoms with Gasteiger partial charge in [0.05, 0.1) is 11.9 Å². The van der Waals surface area contributed by atoms with Gasteiger partial charge in [-0.2, -0.15) is 5.10 Å². The van der Waals surface area contributed by atoms with Crippen molar-refractivity contribution in [3.8, 4) is 5.69 Å². The number of halogens is 1. The van der Waals surface area contributed by atoms with Crippen LogP contribution in [0.5, 0.6) is 0 Å². The molecule has 0 N–H and O–H groups in total. The Kier molecular flexibility index (Phi) is 2.63. The Morgan fingerprint density at radius 2 is 2.07 bits per heavy atom. The predicted molar refractivity (Wildman–Crippen MR) is 58.0 cm³/mol. The van der Waals surface area contributed by atoms with Crippen LogP contribution in [0.15, 0.2) is 48.8 Å². The fourth-order valence-electron chi connectivity index (χ4n) is 1.29. The number of hydrogen-bond acceptors (Lipinski definition) is 1. The molecule has 2 nitrogen and oxygen atoms in total. The van der Waals surface area contributed by atoms with Gasteiger partial charge >= 0.3 is 0 Å². The minimum absolute atomic E-state index is 0.364. The van der Waals surface area contributed by atoms with Crippen LogP contribution in [0.2, 0.25) is 0 Å². The van der Waals surface area contributed by atoms with Gasteiger partial charge in [0.15, 0.2) is 0 Å². The van der Waals surface area contributed by atoms with Gasteiger partial charge in [-0.3, -0.25) is 0 Å². The third-order valence-electron chi connectivity index (χ3n) is 2.06. The van der Waals surface area contributed by atoms with E-state index in [4.69, 9.17) is 0 Å². The Hall–Kier alpha value is -1.90. The summed E-state index contributed by atoms with van der Waals surface area (Å²) in [5.41, 5.74) is 1.34. The lowest BCUT2D eigenvalue weighted by atomic mass is 10.3. The molecule has 15 heavy (non-hydrogen) atoms. The van der Waals surface area contributed by atoms with E-state index in [2.05, 4.69) is 12.0 Å². The van der Waals surface area contributed by atoms with Crippen molar-refractivity contribution >= 4 is 5.83 Å². The lowest BCUT2D eigenvalue weighted by Gasteiger charge is -1.98. The Morgan fingerprint density at radius 3 is 2.73 bits per heavy atom. The van der Waals surface area contributed by atoms with E-state index < -0.39 is 0 Å². The molecule has 0 aliphatic rings. The fourth-order valence-corrected chi connectivity index (χ4v) is 1.29. The number of para-hydroxylation sites is 1. The maximum Gasteiger partial charge on any atom is 0.129 e. The fraction of sp³-hybridized carbons (Fsp3) is 0. The highest BCUT2D eigenvalue weighted by Crippen LogP contribution is 2.16. The van der Waals surface area contributed by atoms with Gasteiger partial charge in [-0.05, 0) is 25.1 Å². The van der Waals surface area contributed by atoms with E-state index in [0.717, 1.165) is 5.69 Å². The minimum atomic E-state index is -0.364. The molecule has 1 aromatic heterocycles. The summed E-state index contributed by atoms with van der Waals surface area (Å²) in [6, 6.07) is 9.55. The van der Waals surface area contributed by atoms with Crippen LogP contribution in [0.1, 0.15) is 5.56 Å². The molecule has 0 aliphatic carbocycles. The van der Waals surface area contributed by atoms with Gasteiger partial charge in [0.25, 0.3) is 0 Å². The highest BCUT2D eigenvalue weighted by Gasteiger charge is 2.03. The topological polar surface area (TPSA) is 17.8 Å². The second kappa shape index (κ2) is 4.09. The van der Waals surface area contributed by atoms with Gasteiger partial charge in [0.2, 0.25) is 0 Å². The zero-order valence-corrected chi connectivity index (χ0v) is 8.10. The average molecular weight is 201 g/mol. The van der Waals surface area contributed by atoms with Gasteiger partial charge in [-0.25, -0.2) is 9.07 Å². The minimum Gasteiger partial charge on any atom is -0.240 e. The Bertz CT molecular complexity index is 471. The first kappa shape index (κ1) is 9.65. The van der Waals surface area contributed by atoms with Crippen LogP contribution in [-0.2, 0) is 0 Å². The normalized spacial score (nSPS) is 11.7. The predicted octanol–water partition coefficient (Wildman–Crippen LogP) is 3.02. The molecule has 1 heterocycles. The summed E-state index contributed by atoms with van der Waals surface area (Å²) >= 11 is 0. The quantitative estimate of drug-likeness (QED) is 0.730. The monoisotopic (exact) mass is 201 g/mol. The molecule has 0 saturated heterocycles. The van der Waals surface area contributed by atoms with Crippen molar-refractivity contribution < 1.29 is 4.39 Å². The second-order valence-corrected chi connectivity index (χ2v) is 3.06. The van der Waals surface area contributed by atoms with E-state index in [1.807, 2.05) is 30.3 Å². The van der Waals surface area contributed by atoms with Gasteiger partial charge in [0.1, 0.15) is 5.83 Å². The summed E-state index contributed by atoms with van der Waals surface area (Å²) in [7, 11) is 0. The standard InChI is InChI=1S/C12H10FN2/c1-2-12(13)10-8-14-15(9-10)11-6-4-3-5-7-11/h2-9H,1H2/b12-2-. The third kappa shape index (κ3) is 1.96. The molecule has 0 aliphatic heterocycles. The van der Waals surface area contributed by atoms with Crippen molar-refractivity contribution in [2.24, 2.45) is 0 Å². The largest absolute Gasteiger partial charge is 0.240 e. The van der Waals surface area contributed by atoms with Crippen LogP contribution in [0.3, 0.4) is 0 Å². The Balaban J connectivity index is 2.36. The van der Waals surface area contributed by atoms with Crippen LogP contribution in [0.4, 0.5) is 4.39 Å². The van der Waals surface area contributed by atoms with Crippen molar-refractivity contribution in [1.29, 1.82) is 0 Å². The molecule has 1 aromatic carbocycles. The van der Waals surface area contributed by atoms with E-state index in [9.17, 15) is 4.39 Å². The smallest absolute Gasteiger partial charge is 0.129 e. The van der Waals surface area contributed by atoms with Crippen molar-refractivity contribution in [2.75, 3.05) is 0 Å². The number of benzene rings is 1. The molecule has 2 rings (SSSR count). The molecule has 0 atom stereocenters. The number of aromatic nitrogens is 2. The Morgan fingerprint density at radius 1 is 1.33 bits per heavy atom. The highest BCUT2D eigenvalue weighted by molar-refractivity contribution is 5.58. The SMILES string of the molecule is [CH2]/C=C(\F)c1cnn(-c2ccccc2)c1. The van der Waals surface area contributed by atoms with E-state index in [1.54, 1.807) is 10.9 Å². The molecular formula is C12H10FN2. The molecule has 0 amide bonds. The second-order valence-electron chi connectivity index (χ2n) is 3.06. The molecule has 0 unspecified atom stereocenters. The lowest BCUT2D eigenvalue weighted by Crippen LogP contribution is -1.92. The van der Waals surface area contributed by atoms with Crippen molar-refractivity contribution in [1.82, 2.24) is 9.78 Å². The van der Waals surface area contributed by atoms with Crippen LogP contribution >= 0.6 is 0 Å². The molecular weight excluding hydrogens is 191 g/mol. The maximum atomic E-state index is 13.1.